The van der Waals surface area contributed by atoms with Crippen molar-refractivity contribution in [1.82, 2.24) is 19.4 Å². The maximum absolute atomic E-state index is 12.4. The Morgan fingerprint density at radius 2 is 2.25 bits per heavy atom. The Hall–Kier alpha value is -1.62. The van der Waals surface area contributed by atoms with Crippen molar-refractivity contribution in [3.63, 3.8) is 0 Å². The van der Waals surface area contributed by atoms with Crippen LogP contribution in [0.4, 0.5) is 0 Å². The topological polar surface area (TPSA) is 51.0 Å². The van der Waals surface area contributed by atoms with Gasteiger partial charge in [-0.2, -0.15) is 0 Å². The summed E-state index contributed by atoms with van der Waals surface area (Å²) < 4.78 is 1.84. The first-order valence-electron chi connectivity index (χ1n) is 6.64. The van der Waals surface area contributed by atoms with Gasteiger partial charge in [0.05, 0.1) is 5.88 Å². The predicted octanol–water partition coefficient (Wildman–Crippen LogP) is 2.52. The van der Waals surface area contributed by atoms with Crippen LogP contribution in [-0.2, 0) is 10.7 Å². The van der Waals surface area contributed by atoms with Gasteiger partial charge < -0.3 is 4.90 Å². The summed E-state index contributed by atoms with van der Waals surface area (Å²) in [4.78, 5) is 22.9. The molecule has 108 valence electrons. The molecule has 0 spiro atoms. The number of imidazole rings is 1. The number of aryl methyl sites for hydroxylation is 1. The number of nitrogens with zero attached hydrogens (tertiary/aromatic N) is 4. The predicted molar refractivity (Wildman–Crippen MR) is 79.8 cm³/mol. The molecule has 0 N–H and O–H groups in total. The van der Waals surface area contributed by atoms with Crippen LogP contribution in [0.1, 0.15) is 31.3 Å². The molecule has 0 saturated carbocycles. The Morgan fingerprint density at radius 1 is 1.55 bits per heavy atom. The SMILES string of the molecule is CCN(C)C(=O)C(C)n1c(CCl)nc2c(C)ccnc21. The Labute approximate surface area is 123 Å². The molecule has 2 rings (SSSR count). The Kier molecular flexibility index (Phi) is 4.28. The minimum Gasteiger partial charge on any atom is -0.344 e. The second-order valence-electron chi connectivity index (χ2n) is 4.86. The fourth-order valence-corrected chi connectivity index (χ4v) is 2.43. The van der Waals surface area contributed by atoms with Crippen LogP contribution in [0.25, 0.3) is 11.2 Å². The van der Waals surface area contributed by atoms with E-state index >= 15 is 0 Å². The van der Waals surface area contributed by atoms with Crippen molar-refractivity contribution in [1.29, 1.82) is 0 Å². The highest BCUT2D eigenvalue weighted by molar-refractivity contribution is 6.16. The van der Waals surface area contributed by atoms with Crippen LogP contribution in [0.5, 0.6) is 0 Å². The van der Waals surface area contributed by atoms with E-state index in [0.717, 1.165) is 11.1 Å². The molecule has 2 heterocycles. The van der Waals surface area contributed by atoms with E-state index in [1.54, 1.807) is 18.1 Å². The number of likely N-dealkylation sites (N-methyl/N-ethyl adjacent to an activating group) is 1. The molecule has 0 aliphatic carbocycles. The van der Waals surface area contributed by atoms with E-state index in [2.05, 4.69) is 9.97 Å². The van der Waals surface area contributed by atoms with Crippen LogP contribution in [0.2, 0.25) is 0 Å². The second kappa shape index (κ2) is 5.79. The largest absolute Gasteiger partial charge is 0.344 e. The number of hydrogen-bond acceptors (Lipinski definition) is 3. The number of fused-ring (bicyclic) bond motifs is 1. The van der Waals surface area contributed by atoms with Gasteiger partial charge in [-0.15, -0.1) is 11.6 Å². The van der Waals surface area contributed by atoms with E-state index in [1.165, 1.54) is 0 Å². The van der Waals surface area contributed by atoms with Gasteiger partial charge in [0.25, 0.3) is 0 Å². The Balaban J connectivity index is 2.58. The molecule has 6 heteroatoms. The van der Waals surface area contributed by atoms with E-state index in [9.17, 15) is 4.79 Å². The molecule has 0 aromatic carbocycles. The third-order valence-corrected chi connectivity index (χ3v) is 3.81. The smallest absolute Gasteiger partial charge is 0.245 e. The maximum Gasteiger partial charge on any atom is 0.245 e. The van der Waals surface area contributed by atoms with E-state index in [-0.39, 0.29) is 17.8 Å². The molecule has 1 amide bonds. The molecule has 2 aromatic rings. The number of halogens is 1. The summed E-state index contributed by atoms with van der Waals surface area (Å²) in [6, 6.07) is 1.54. The van der Waals surface area contributed by atoms with E-state index in [1.807, 2.05) is 31.4 Å². The Morgan fingerprint density at radius 3 is 2.85 bits per heavy atom. The number of aromatic nitrogens is 3. The molecule has 0 aliphatic rings. The first kappa shape index (κ1) is 14.8. The number of alkyl halides is 1. The lowest BCUT2D eigenvalue weighted by atomic mass is 10.2. The van der Waals surface area contributed by atoms with Crippen LogP contribution in [-0.4, -0.2) is 38.9 Å². The normalized spacial score (nSPS) is 12.7. The van der Waals surface area contributed by atoms with Gasteiger partial charge in [0.1, 0.15) is 17.4 Å². The average Bonchev–Trinajstić information content (AvgIpc) is 2.84. The van der Waals surface area contributed by atoms with Crippen molar-refractivity contribution in [3.05, 3.63) is 23.7 Å². The fraction of sp³-hybridized carbons (Fsp3) is 0.500. The lowest BCUT2D eigenvalue weighted by Crippen LogP contribution is -2.33. The fourth-order valence-electron chi connectivity index (χ4n) is 2.24. The zero-order chi connectivity index (χ0) is 14.9. The van der Waals surface area contributed by atoms with Gasteiger partial charge in [-0.3, -0.25) is 9.36 Å². The number of carbonyl (C=O) groups is 1. The quantitative estimate of drug-likeness (QED) is 0.814. The van der Waals surface area contributed by atoms with Gasteiger partial charge in [0.15, 0.2) is 5.65 Å². The number of rotatable bonds is 4. The monoisotopic (exact) mass is 294 g/mol. The van der Waals surface area contributed by atoms with Gasteiger partial charge in [-0.1, -0.05) is 0 Å². The summed E-state index contributed by atoms with van der Waals surface area (Å²) in [5.41, 5.74) is 2.55. The highest BCUT2D eigenvalue weighted by Gasteiger charge is 2.24. The van der Waals surface area contributed by atoms with Gasteiger partial charge in [-0.25, -0.2) is 9.97 Å². The van der Waals surface area contributed by atoms with Crippen LogP contribution >= 0.6 is 11.6 Å². The van der Waals surface area contributed by atoms with Gasteiger partial charge >= 0.3 is 0 Å². The average molecular weight is 295 g/mol. The molecule has 0 radical (unpaired) electrons. The summed E-state index contributed by atoms with van der Waals surface area (Å²) in [5, 5.41) is 0. The summed E-state index contributed by atoms with van der Waals surface area (Å²) in [5.74, 6) is 0.957. The molecule has 0 aliphatic heterocycles. The molecule has 20 heavy (non-hydrogen) atoms. The van der Waals surface area contributed by atoms with Crippen molar-refractivity contribution in [2.75, 3.05) is 13.6 Å². The second-order valence-corrected chi connectivity index (χ2v) is 5.13. The standard InChI is InChI=1S/C14H19ClN4O/c1-5-18(4)14(20)10(3)19-11(8-15)17-12-9(2)6-7-16-13(12)19/h6-7,10H,5,8H2,1-4H3. The van der Waals surface area contributed by atoms with Crippen LogP contribution in [0.3, 0.4) is 0 Å². The first-order valence-corrected chi connectivity index (χ1v) is 7.18. The van der Waals surface area contributed by atoms with Gasteiger partial charge in [0.2, 0.25) is 5.91 Å². The van der Waals surface area contributed by atoms with Crippen LogP contribution in [0.15, 0.2) is 12.3 Å². The van der Waals surface area contributed by atoms with Crippen molar-refractivity contribution < 1.29 is 4.79 Å². The minimum atomic E-state index is -0.368. The molecule has 2 aromatic heterocycles. The van der Waals surface area contributed by atoms with Gasteiger partial charge in [-0.05, 0) is 32.4 Å². The van der Waals surface area contributed by atoms with E-state index in [0.29, 0.717) is 18.0 Å². The lowest BCUT2D eigenvalue weighted by molar-refractivity contribution is -0.132. The number of amides is 1. The zero-order valence-corrected chi connectivity index (χ0v) is 13.0. The number of pyridine rings is 1. The molecular formula is C14H19ClN4O. The number of carbonyl (C=O) groups excluding carboxylic acids is 1. The summed E-state index contributed by atoms with van der Waals surface area (Å²) >= 11 is 5.98. The van der Waals surface area contributed by atoms with Gasteiger partial charge in [0, 0.05) is 19.8 Å². The van der Waals surface area contributed by atoms with Crippen molar-refractivity contribution in [3.8, 4) is 0 Å². The molecule has 1 atom stereocenters. The molecule has 0 fully saturated rings. The molecule has 0 saturated heterocycles. The highest BCUT2D eigenvalue weighted by atomic mass is 35.5. The van der Waals surface area contributed by atoms with Crippen molar-refractivity contribution in [2.24, 2.45) is 0 Å². The van der Waals surface area contributed by atoms with E-state index < -0.39 is 0 Å². The first-order chi connectivity index (χ1) is 9.51. The Bertz CT molecular complexity index is 637. The van der Waals surface area contributed by atoms with E-state index in [4.69, 9.17) is 11.6 Å². The van der Waals surface area contributed by atoms with Crippen LogP contribution in [0, 0.1) is 6.92 Å². The lowest BCUT2D eigenvalue weighted by Gasteiger charge is -2.22. The van der Waals surface area contributed by atoms with Crippen molar-refractivity contribution >= 4 is 28.7 Å². The third kappa shape index (κ3) is 2.38. The summed E-state index contributed by atoms with van der Waals surface area (Å²) in [7, 11) is 1.79. The third-order valence-electron chi connectivity index (χ3n) is 3.57. The molecule has 0 bridgehead atoms. The summed E-state index contributed by atoms with van der Waals surface area (Å²) in [6.45, 7) is 6.44. The molecule has 1 unspecified atom stereocenters. The maximum atomic E-state index is 12.4. The minimum absolute atomic E-state index is 0.0291. The van der Waals surface area contributed by atoms with Crippen molar-refractivity contribution in [2.45, 2.75) is 32.7 Å². The molecule has 5 nitrogen and oxygen atoms in total. The summed E-state index contributed by atoms with van der Waals surface area (Å²) in [6.07, 6.45) is 1.73. The zero-order valence-electron chi connectivity index (χ0n) is 12.2. The van der Waals surface area contributed by atoms with Crippen LogP contribution < -0.4 is 0 Å². The molecular weight excluding hydrogens is 276 g/mol. The highest BCUT2D eigenvalue weighted by Crippen LogP contribution is 2.23. The number of hydrogen-bond donors (Lipinski definition) is 0.